The number of hydrazone groups is 1. The van der Waals surface area contributed by atoms with Crippen molar-refractivity contribution in [2.24, 2.45) is 5.10 Å². The van der Waals surface area contributed by atoms with Gasteiger partial charge in [0.25, 0.3) is 5.91 Å². The highest BCUT2D eigenvalue weighted by atomic mass is 79.9. The summed E-state index contributed by atoms with van der Waals surface area (Å²) in [6, 6.07) is 13.7. The molecule has 31 heavy (non-hydrogen) atoms. The lowest BCUT2D eigenvalue weighted by molar-refractivity contribution is -0.120. The molecule has 0 radical (unpaired) electrons. The lowest BCUT2D eigenvalue weighted by Crippen LogP contribution is -2.26. The van der Waals surface area contributed by atoms with Crippen LogP contribution < -0.4 is 5.43 Å². The second kappa shape index (κ2) is 10.1. The normalized spacial score (nSPS) is 12.4. The molecule has 0 bridgehead atoms. The number of aromatic nitrogens is 1. The van der Waals surface area contributed by atoms with Crippen LogP contribution in [0, 0.1) is 27.7 Å². The second-order valence-corrected chi connectivity index (χ2v) is 10.1. The second-order valence-electron chi connectivity index (χ2n) is 7.42. The largest absolute Gasteiger partial charge is 0.316 e. The Bertz CT molecular complexity index is 1120. The Morgan fingerprint density at radius 1 is 1.10 bits per heavy atom. The zero-order valence-corrected chi connectivity index (χ0v) is 21.3. The van der Waals surface area contributed by atoms with Crippen LogP contribution in [0.4, 0.5) is 0 Å². The van der Waals surface area contributed by atoms with Crippen LogP contribution in [0.15, 0.2) is 56.9 Å². The minimum Gasteiger partial charge on any atom is -0.316 e. The van der Waals surface area contributed by atoms with Crippen molar-refractivity contribution in [2.75, 3.05) is 0 Å². The summed E-state index contributed by atoms with van der Waals surface area (Å²) in [6.45, 7) is 10.2. The van der Waals surface area contributed by atoms with Gasteiger partial charge in [0.2, 0.25) is 0 Å². The molecule has 7 heteroatoms. The summed E-state index contributed by atoms with van der Waals surface area (Å²) in [7, 11) is 0. The SMILES string of the molecule is Cc1cccc(C)c1-n1c(C)c(Br)c(/C=N\NC(=O)[C@@H](C)Sc2ccc(Cl)cc2)c1C. The smallest absolute Gasteiger partial charge is 0.253 e. The Balaban J connectivity index is 1.77. The number of carbonyl (C=O) groups excluding carboxylic acids is 1. The number of carbonyl (C=O) groups is 1. The van der Waals surface area contributed by atoms with E-state index in [-0.39, 0.29) is 11.2 Å². The van der Waals surface area contributed by atoms with Crippen molar-refractivity contribution in [3.8, 4) is 5.69 Å². The van der Waals surface area contributed by atoms with Crippen molar-refractivity contribution in [2.45, 2.75) is 44.8 Å². The molecule has 3 aromatic rings. The molecule has 0 saturated carbocycles. The Kier molecular flexibility index (Phi) is 7.68. The van der Waals surface area contributed by atoms with Gasteiger partial charge in [-0.1, -0.05) is 29.8 Å². The molecule has 4 nitrogen and oxygen atoms in total. The Morgan fingerprint density at radius 3 is 2.32 bits per heavy atom. The molecule has 1 atom stereocenters. The summed E-state index contributed by atoms with van der Waals surface area (Å²) in [4.78, 5) is 13.5. The summed E-state index contributed by atoms with van der Waals surface area (Å²) in [5, 5.41) is 4.62. The standard InChI is InChI=1S/C24H25BrClN3OS/c1-14-7-6-8-15(2)23(14)29-16(3)21(22(25)17(29)4)13-27-28-24(30)18(5)31-20-11-9-19(26)10-12-20/h6-13,18H,1-5H3,(H,28,30)/b27-13-/t18-/m1/s1. The van der Waals surface area contributed by atoms with Gasteiger partial charge < -0.3 is 4.57 Å². The average Bonchev–Trinajstić information content (AvgIpc) is 2.93. The van der Waals surface area contributed by atoms with Crippen LogP contribution in [0.1, 0.15) is 35.0 Å². The third kappa shape index (κ3) is 5.25. The van der Waals surface area contributed by atoms with Crippen molar-refractivity contribution in [1.82, 2.24) is 9.99 Å². The molecular formula is C24H25BrClN3OS. The number of aryl methyl sites for hydroxylation is 2. The van der Waals surface area contributed by atoms with Crippen molar-refractivity contribution in [3.05, 3.63) is 80.0 Å². The Labute approximate surface area is 201 Å². The molecule has 0 aliphatic heterocycles. The van der Waals surface area contributed by atoms with Crippen LogP contribution in [0.2, 0.25) is 5.02 Å². The summed E-state index contributed by atoms with van der Waals surface area (Å²) >= 11 is 11.1. The van der Waals surface area contributed by atoms with Crippen molar-refractivity contribution in [1.29, 1.82) is 0 Å². The van der Waals surface area contributed by atoms with Crippen LogP contribution in [0.3, 0.4) is 0 Å². The van der Waals surface area contributed by atoms with E-state index in [1.54, 1.807) is 6.21 Å². The van der Waals surface area contributed by atoms with Crippen LogP contribution >= 0.6 is 39.3 Å². The molecule has 2 aromatic carbocycles. The van der Waals surface area contributed by atoms with Crippen LogP contribution in [-0.4, -0.2) is 21.9 Å². The predicted octanol–water partition coefficient (Wildman–Crippen LogP) is 6.76. The molecule has 0 unspecified atom stereocenters. The van der Waals surface area contributed by atoms with E-state index in [1.165, 1.54) is 28.6 Å². The Hall–Kier alpha value is -2.02. The molecule has 1 N–H and O–H groups in total. The fourth-order valence-corrected chi connectivity index (χ4v) is 5.04. The zero-order chi connectivity index (χ0) is 22.7. The van der Waals surface area contributed by atoms with E-state index in [1.807, 2.05) is 31.2 Å². The van der Waals surface area contributed by atoms with E-state index in [0.717, 1.165) is 26.3 Å². The highest BCUT2D eigenvalue weighted by Gasteiger charge is 2.18. The number of hydrogen-bond donors (Lipinski definition) is 1. The van der Waals surface area contributed by atoms with Crippen molar-refractivity contribution in [3.63, 3.8) is 0 Å². The molecule has 0 saturated heterocycles. The monoisotopic (exact) mass is 517 g/mol. The third-order valence-corrected chi connectivity index (χ3v) is 7.51. The van der Waals surface area contributed by atoms with Crippen molar-refractivity contribution >= 4 is 51.4 Å². The molecule has 162 valence electrons. The molecule has 3 rings (SSSR count). The van der Waals surface area contributed by atoms with Gasteiger partial charge in [0.05, 0.1) is 17.2 Å². The van der Waals surface area contributed by atoms with Crippen LogP contribution in [0.25, 0.3) is 5.69 Å². The van der Waals surface area contributed by atoms with Crippen LogP contribution in [0.5, 0.6) is 0 Å². The number of benzene rings is 2. The van der Waals surface area contributed by atoms with E-state index >= 15 is 0 Å². The molecule has 0 spiro atoms. The van der Waals surface area contributed by atoms with Crippen molar-refractivity contribution < 1.29 is 4.79 Å². The number of hydrogen-bond acceptors (Lipinski definition) is 3. The topological polar surface area (TPSA) is 46.4 Å². The molecule has 0 aliphatic rings. The van der Waals surface area contributed by atoms with Gasteiger partial charge in [0.15, 0.2) is 0 Å². The third-order valence-electron chi connectivity index (χ3n) is 5.14. The molecule has 1 amide bonds. The van der Waals surface area contributed by atoms with E-state index in [4.69, 9.17) is 11.6 Å². The van der Waals surface area contributed by atoms with Gasteiger partial charge in [-0.25, -0.2) is 5.43 Å². The van der Waals surface area contributed by atoms with Crippen LogP contribution in [-0.2, 0) is 4.79 Å². The molecule has 1 heterocycles. The van der Waals surface area contributed by atoms with E-state index in [0.29, 0.717) is 5.02 Å². The maximum absolute atomic E-state index is 12.5. The number of nitrogens with one attached hydrogen (secondary N) is 1. The first-order valence-corrected chi connectivity index (χ1v) is 11.9. The number of thioether (sulfide) groups is 1. The Morgan fingerprint density at radius 2 is 1.71 bits per heavy atom. The summed E-state index contributed by atoms with van der Waals surface area (Å²) in [5.41, 5.74) is 9.35. The number of para-hydroxylation sites is 1. The highest BCUT2D eigenvalue weighted by Crippen LogP contribution is 2.32. The lowest BCUT2D eigenvalue weighted by atomic mass is 10.1. The maximum atomic E-state index is 12.5. The van der Waals surface area contributed by atoms with Gasteiger partial charge in [0.1, 0.15) is 0 Å². The van der Waals surface area contributed by atoms with E-state index in [9.17, 15) is 4.79 Å². The highest BCUT2D eigenvalue weighted by molar-refractivity contribution is 9.10. The fourth-order valence-electron chi connectivity index (χ4n) is 3.49. The van der Waals surface area contributed by atoms with Gasteiger partial charge in [-0.15, -0.1) is 11.8 Å². The van der Waals surface area contributed by atoms with Gasteiger partial charge in [-0.2, -0.15) is 5.10 Å². The summed E-state index contributed by atoms with van der Waals surface area (Å²) in [6.07, 6.45) is 1.70. The van der Waals surface area contributed by atoms with Gasteiger partial charge >= 0.3 is 0 Å². The molecule has 0 fully saturated rings. The molecular weight excluding hydrogens is 494 g/mol. The minimum absolute atomic E-state index is 0.157. The number of rotatable bonds is 6. The van der Waals surface area contributed by atoms with Gasteiger partial charge in [-0.3, -0.25) is 4.79 Å². The number of nitrogens with zero attached hydrogens (tertiary/aromatic N) is 2. The molecule has 0 aliphatic carbocycles. The average molecular weight is 519 g/mol. The fraction of sp³-hybridized carbons (Fsp3) is 0.250. The quantitative estimate of drug-likeness (QED) is 0.223. The number of halogens is 2. The summed E-state index contributed by atoms with van der Waals surface area (Å²) < 4.78 is 3.20. The molecule has 1 aromatic heterocycles. The zero-order valence-electron chi connectivity index (χ0n) is 18.2. The first-order chi connectivity index (χ1) is 14.7. The summed E-state index contributed by atoms with van der Waals surface area (Å²) in [5.74, 6) is -0.157. The first-order valence-electron chi connectivity index (χ1n) is 9.89. The first kappa shape index (κ1) is 23.6. The number of amides is 1. The maximum Gasteiger partial charge on any atom is 0.253 e. The minimum atomic E-state index is -0.288. The van der Waals surface area contributed by atoms with Gasteiger partial charge in [0, 0.05) is 31.3 Å². The van der Waals surface area contributed by atoms with E-state index in [2.05, 4.69) is 76.9 Å². The van der Waals surface area contributed by atoms with E-state index < -0.39 is 0 Å². The predicted molar refractivity (Wildman–Crippen MR) is 135 cm³/mol. The lowest BCUT2D eigenvalue weighted by Gasteiger charge is -2.15. The van der Waals surface area contributed by atoms with Gasteiger partial charge in [-0.05, 0) is 85.9 Å².